The van der Waals surface area contributed by atoms with Gasteiger partial charge in [-0.1, -0.05) is 72.3 Å². The zero-order valence-electron chi connectivity index (χ0n) is 17.7. The number of nitrogens with one attached hydrogen (secondary N) is 2. The molecular weight excluding hydrogens is 476 g/mol. The van der Waals surface area contributed by atoms with Gasteiger partial charge in [0, 0.05) is 0 Å². The maximum Gasteiger partial charge on any atom is 0.272 e. The number of aldehydes is 1. The van der Waals surface area contributed by atoms with E-state index in [1.165, 1.54) is 12.1 Å². The first-order valence-electron chi connectivity index (χ1n) is 10.2. The molecule has 0 saturated heterocycles. The van der Waals surface area contributed by atoms with Crippen molar-refractivity contribution in [3.05, 3.63) is 95.3 Å². The Bertz CT molecular complexity index is 1460. The van der Waals surface area contributed by atoms with Gasteiger partial charge in [-0.3, -0.25) is 4.79 Å². The van der Waals surface area contributed by atoms with Gasteiger partial charge in [-0.15, -0.1) is 0 Å². The zero-order chi connectivity index (χ0) is 24.1. The minimum Gasteiger partial charge on any atom is -0.341 e. The highest BCUT2D eigenvalue weighted by Gasteiger charge is 2.21. The van der Waals surface area contributed by atoms with E-state index in [2.05, 4.69) is 20.0 Å². The summed E-state index contributed by atoms with van der Waals surface area (Å²) in [4.78, 5) is 32.1. The number of hydrogen-bond donors (Lipinski definition) is 2. The number of carbonyl (C=O) groups excluding carboxylic acids is 2. The number of halogens is 1. The third-order valence-electron chi connectivity index (χ3n) is 5.00. The van der Waals surface area contributed by atoms with Crippen molar-refractivity contribution in [1.82, 2.24) is 15.3 Å². The number of amides is 1. The summed E-state index contributed by atoms with van der Waals surface area (Å²) in [6, 6.07) is 20.4. The summed E-state index contributed by atoms with van der Waals surface area (Å²) in [6.07, 6.45) is 2.01. The van der Waals surface area contributed by atoms with Gasteiger partial charge in [-0.2, -0.15) is 0 Å². The highest BCUT2D eigenvalue weighted by Crippen LogP contribution is 2.21. The Balaban J connectivity index is 1.53. The van der Waals surface area contributed by atoms with Crippen LogP contribution in [0.15, 0.2) is 83.9 Å². The molecule has 1 atom stereocenters. The maximum atomic E-state index is 12.9. The predicted molar refractivity (Wildman–Crippen MR) is 129 cm³/mol. The van der Waals surface area contributed by atoms with E-state index in [0.717, 1.165) is 22.5 Å². The maximum absolute atomic E-state index is 12.9. The summed E-state index contributed by atoms with van der Waals surface area (Å²) in [6.45, 7) is 0. The third-order valence-corrected chi connectivity index (χ3v) is 6.60. The molecule has 3 aromatic carbocycles. The van der Waals surface area contributed by atoms with Gasteiger partial charge in [0.2, 0.25) is 5.95 Å². The molecule has 2 N–H and O–H groups in total. The van der Waals surface area contributed by atoms with E-state index in [1.54, 1.807) is 12.1 Å². The molecule has 1 unspecified atom stereocenters. The van der Waals surface area contributed by atoms with Gasteiger partial charge in [-0.25, -0.2) is 23.1 Å². The molecule has 0 spiro atoms. The number of anilines is 1. The van der Waals surface area contributed by atoms with Crippen molar-refractivity contribution in [3.8, 4) is 0 Å². The molecule has 1 amide bonds. The summed E-state index contributed by atoms with van der Waals surface area (Å²) in [7, 11) is -4.03. The van der Waals surface area contributed by atoms with Crippen molar-refractivity contribution in [3.63, 3.8) is 0 Å². The van der Waals surface area contributed by atoms with Crippen LogP contribution in [0.5, 0.6) is 0 Å². The molecule has 1 aromatic heterocycles. The van der Waals surface area contributed by atoms with Crippen LogP contribution in [-0.2, 0) is 21.2 Å². The van der Waals surface area contributed by atoms with Crippen LogP contribution in [0.25, 0.3) is 10.8 Å². The number of hydrogen-bond acceptors (Lipinski definition) is 6. The van der Waals surface area contributed by atoms with E-state index >= 15 is 0 Å². The van der Waals surface area contributed by atoms with Gasteiger partial charge in [0.25, 0.3) is 15.9 Å². The van der Waals surface area contributed by atoms with Gasteiger partial charge >= 0.3 is 0 Å². The Kier molecular flexibility index (Phi) is 6.85. The van der Waals surface area contributed by atoms with Crippen molar-refractivity contribution in [2.45, 2.75) is 17.4 Å². The lowest BCUT2D eigenvalue weighted by atomic mass is 10.1. The molecule has 0 saturated carbocycles. The summed E-state index contributed by atoms with van der Waals surface area (Å²) >= 11 is 6.08. The Morgan fingerprint density at radius 1 is 1.00 bits per heavy atom. The lowest BCUT2D eigenvalue weighted by molar-refractivity contribution is -0.109. The highest BCUT2D eigenvalue weighted by molar-refractivity contribution is 7.92. The molecule has 0 fully saturated rings. The highest BCUT2D eigenvalue weighted by atomic mass is 35.5. The van der Waals surface area contributed by atoms with Crippen LogP contribution in [0.4, 0.5) is 5.95 Å². The minimum atomic E-state index is -4.03. The second kappa shape index (κ2) is 9.98. The van der Waals surface area contributed by atoms with Crippen molar-refractivity contribution in [2.24, 2.45) is 0 Å². The molecule has 172 valence electrons. The molecule has 34 heavy (non-hydrogen) atoms. The Hall–Kier alpha value is -3.82. The van der Waals surface area contributed by atoms with E-state index in [1.807, 2.05) is 48.5 Å². The quantitative estimate of drug-likeness (QED) is 0.361. The largest absolute Gasteiger partial charge is 0.341 e. The average Bonchev–Trinajstić information content (AvgIpc) is 2.85. The number of sulfonamides is 1. The van der Waals surface area contributed by atoms with E-state index < -0.39 is 22.0 Å². The predicted octanol–water partition coefficient (Wildman–Crippen LogP) is 3.62. The first-order valence-corrected chi connectivity index (χ1v) is 12.1. The van der Waals surface area contributed by atoms with E-state index in [4.69, 9.17) is 11.6 Å². The van der Waals surface area contributed by atoms with Crippen LogP contribution < -0.4 is 10.0 Å². The fraction of sp³-hybridized carbons (Fsp3) is 0.0833. The van der Waals surface area contributed by atoms with E-state index in [0.29, 0.717) is 6.29 Å². The summed E-state index contributed by atoms with van der Waals surface area (Å²) in [5.74, 6) is -1.06. The number of aromatic nitrogens is 2. The third kappa shape index (κ3) is 5.38. The second-order valence-corrected chi connectivity index (χ2v) is 9.50. The molecule has 10 heteroatoms. The summed E-state index contributed by atoms with van der Waals surface area (Å²) < 4.78 is 28.0. The van der Waals surface area contributed by atoms with Gasteiger partial charge < -0.3 is 10.1 Å². The molecule has 0 aliphatic rings. The lowest BCUT2D eigenvalue weighted by Gasteiger charge is -2.14. The topological polar surface area (TPSA) is 118 Å². The normalized spacial score (nSPS) is 12.1. The molecule has 4 rings (SSSR count). The van der Waals surface area contributed by atoms with Crippen LogP contribution in [0, 0.1) is 0 Å². The lowest BCUT2D eigenvalue weighted by Crippen LogP contribution is -2.38. The second-order valence-electron chi connectivity index (χ2n) is 7.41. The van der Waals surface area contributed by atoms with Crippen LogP contribution in [0.2, 0.25) is 5.02 Å². The number of benzene rings is 3. The van der Waals surface area contributed by atoms with Crippen molar-refractivity contribution in [2.75, 3.05) is 4.72 Å². The molecule has 1 heterocycles. The minimum absolute atomic E-state index is 0.0135. The molecular formula is C24H19ClN4O4S. The average molecular weight is 495 g/mol. The van der Waals surface area contributed by atoms with E-state index in [-0.39, 0.29) is 28.0 Å². The molecule has 0 aliphatic carbocycles. The molecule has 0 radical (unpaired) electrons. The van der Waals surface area contributed by atoms with Gasteiger partial charge in [0.1, 0.15) is 6.29 Å². The van der Waals surface area contributed by atoms with Crippen LogP contribution in [-0.4, -0.2) is 36.6 Å². The SMILES string of the molecule is O=CC(Cc1ccccc1)NC(=O)c1nc(NS(=O)(=O)c2ccc3ccccc3c2)ncc1Cl. The molecule has 8 nitrogen and oxygen atoms in total. The first-order chi connectivity index (χ1) is 16.4. The summed E-state index contributed by atoms with van der Waals surface area (Å²) in [5, 5.41) is 4.11. The standard InChI is InChI=1S/C24H19ClN4O4S/c25-21-14-26-24(29-34(32,33)20-11-10-17-8-4-5-9-18(17)13-20)28-22(21)23(31)27-19(15-30)12-16-6-2-1-3-7-16/h1-11,13-15,19H,12H2,(H,27,31)(H,26,28,29). The first kappa shape index (κ1) is 23.3. The van der Waals surface area contributed by atoms with Crippen LogP contribution in [0.3, 0.4) is 0 Å². The monoisotopic (exact) mass is 494 g/mol. The van der Waals surface area contributed by atoms with Gasteiger partial charge in [0.15, 0.2) is 5.69 Å². The van der Waals surface area contributed by atoms with E-state index in [9.17, 15) is 18.0 Å². The number of carbonyl (C=O) groups is 2. The van der Waals surface area contributed by atoms with Crippen molar-refractivity contribution >= 4 is 50.5 Å². The van der Waals surface area contributed by atoms with Crippen LogP contribution >= 0.6 is 11.6 Å². The molecule has 0 bridgehead atoms. The fourth-order valence-corrected chi connectivity index (χ4v) is 4.49. The Labute approximate surface area is 201 Å². The zero-order valence-corrected chi connectivity index (χ0v) is 19.3. The van der Waals surface area contributed by atoms with Crippen molar-refractivity contribution < 1.29 is 18.0 Å². The Morgan fingerprint density at radius 3 is 2.44 bits per heavy atom. The van der Waals surface area contributed by atoms with Gasteiger partial charge in [0.05, 0.1) is 22.2 Å². The molecule has 4 aromatic rings. The number of fused-ring (bicyclic) bond motifs is 1. The fourth-order valence-electron chi connectivity index (χ4n) is 3.33. The summed E-state index contributed by atoms with van der Waals surface area (Å²) in [5.41, 5.74) is 0.602. The van der Waals surface area contributed by atoms with Gasteiger partial charge in [-0.05, 0) is 34.9 Å². The Morgan fingerprint density at radius 2 is 1.71 bits per heavy atom. The number of nitrogens with zero attached hydrogens (tertiary/aromatic N) is 2. The van der Waals surface area contributed by atoms with Crippen LogP contribution in [0.1, 0.15) is 16.1 Å². The molecule has 0 aliphatic heterocycles. The smallest absolute Gasteiger partial charge is 0.272 e. The van der Waals surface area contributed by atoms with Crippen molar-refractivity contribution in [1.29, 1.82) is 0 Å². The number of rotatable bonds is 8.